The first kappa shape index (κ1) is 13.1. The number of nitrogens with one attached hydrogen (secondary N) is 1. The molecule has 0 radical (unpaired) electrons. The highest BCUT2D eigenvalue weighted by Gasteiger charge is 2.08. The van der Waals surface area contributed by atoms with Crippen LogP contribution in [0.4, 0.5) is 0 Å². The minimum absolute atomic E-state index is 0.221. The van der Waals surface area contributed by atoms with Crippen LogP contribution in [0.25, 0.3) is 0 Å². The Hall–Kier alpha value is -1.38. The second-order valence-electron chi connectivity index (χ2n) is 4.43. The minimum Gasteiger partial charge on any atom is -0.306 e. The zero-order chi connectivity index (χ0) is 13.0. The van der Waals surface area contributed by atoms with Gasteiger partial charge in [-0.1, -0.05) is 29.8 Å². The Bertz CT molecular complexity index is 525. The molecule has 2 rings (SSSR count). The molecule has 1 atom stereocenters. The van der Waals surface area contributed by atoms with Crippen LogP contribution < -0.4 is 5.32 Å². The zero-order valence-corrected chi connectivity index (χ0v) is 11.4. The fourth-order valence-electron chi connectivity index (χ4n) is 1.88. The number of hydrogen-bond acceptors (Lipinski definition) is 2. The van der Waals surface area contributed by atoms with Gasteiger partial charge in [0.1, 0.15) is 0 Å². The summed E-state index contributed by atoms with van der Waals surface area (Å²) in [6, 6.07) is 10.2. The van der Waals surface area contributed by atoms with Crippen LogP contribution in [0.3, 0.4) is 0 Å². The van der Waals surface area contributed by atoms with Gasteiger partial charge in [0.05, 0.1) is 0 Å². The van der Waals surface area contributed by atoms with Gasteiger partial charge in [0.25, 0.3) is 0 Å². The number of nitrogens with zero attached hydrogens (tertiary/aromatic N) is 1. The lowest BCUT2D eigenvalue weighted by molar-refractivity contribution is 0.572. The summed E-state index contributed by atoms with van der Waals surface area (Å²) in [6.07, 6.45) is 3.72. The molecule has 1 aromatic heterocycles. The van der Waals surface area contributed by atoms with Gasteiger partial charge in [-0.3, -0.25) is 4.98 Å². The van der Waals surface area contributed by atoms with Gasteiger partial charge in [0.15, 0.2) is 0 Å². The molecule has 0 aliphatic carbocycles. The van der Waals surface area contributed by atoms with Gasteiger partial charge < -0.3 is 5.32 Å². The van der Waals surface area contributed by atoms with E-state index in [-0.39, 0.29) is 6.04 Å². The molecule has 0 aliphatic rings. The Labute approximate surface area is 113 Å². The molecule has 0 unspecified atom stereocenters. The molecule has 2 nitrogen and oxygen atoms in total. The molecule has 0 saturated heterocycles. The van der Waals surface area contributed by atoms with E-state index < -0.39 is 0 Å². The predicted molar refractivity (Wildman–Crippen MR) is 75.7 cm³/mol. The van der Waals surface area contributed by atoms with Crippen LogP contribution in [0.1, 0.15) is 29.7 Å². The molecule has 0 spiro atoms. The molecule has 0 amide bonds. The van der Waals surface area contributed by atoms with Crippen LogP contribution in [-0.2, 0) is 6.54 Å². The van der Waals surface area contributed by atoms with Crippen molar-refractivity contribution in [1.29, 1.82) is 0 Å². The molecule has 0 bridgehead atoms. The molecular formula is C15H17ClN2. The van der Waals surface area contributed by atoms with E-state index in [1.54, 1.807) is 0 Å². The van der Waals surface area contributed by atoms with Crippen molar-refractivity contribution in [3.63, 3.8) is 0 Å². The molecule has 18 heavy (non-hydrogen) atoms. The highest BCUT2D eigenvalue weighted by Crippen LogP contribution is 2.22. The van der Waals surface area contributed by atoms with E-state index in [9.17, 15) is 0 Å². The van der Waals surface area contributed by atoms with Gasteiger partial charge >= 0.3 is 0 Å². The lowest BCUT2D eigenvalue weighted by Crippen LogP contribution is -2.19. The van der Waals surface area contributed by atoms with E-state index in [0.717, 1.165) is 17.1 Å². The largest absolute Gasteiger partial charge is 0.306 e. The van der Waals surface area contributed by atoms with Gasteiger partial charge in [-0.25, -0.2) is 0 Å². The van der Waals surface area contributed by atoms with E-state index in [1.807, 2.05) is 36.7 Å². The monoisotopic (exact) mass is 260 g/mol. The maximum Gasteiger partial charge on any atom is 0.0453 e. The molecule has 1 N–H and O–H groups in total. The maximum absolute atomic E-state index is 6.18. The molecule has 2 aromatic rings. The van der Waals surface area contributed by atoms with Gasteiger partial charge in [-0.15, -0.1) is 0 Å². The Kier molecular flexibility index (Phi) is 4.34. The number of halogens is 1. The predicted octanol–water partition coefficient (Wildman–Crippen LogP) is 3.89. The molecule has 0 aliphatic heterocycles. The standard InChI is InChI=1S/C15H17ClN2/c1-11-7-8-17-9-13(11)10-18-12(2)14-5-3-4-6-15(14)16/h3-9,12,18H,10H2,1-2H3/t12-/m0/s1. The Balaban J connectivity index is 2.03. The van der Waals surface area contributed by atoms with Crippen LogP contribution in [0.15, 0.2) is 42.7 Å². The fourth-order valence-corrected chi connectivity index (χ4v) is 2.18. The lowest BCUT2D eigenvalue weighted by atomic mass is 10.1. The lowest BCUT2D eigenvalue weighted by Gasteiger charge is -2.16. The van der Waals surface area contributed by atoms with E-state index >= 15 is 0 Å². The number of rotatable bonds is 4. The van der Waals surface area contributed by atoms with E-state index in [0.29, 0.717) is 0 Å². The number of benzene rings is 1. The minimum atomic E-state index is 0.221. The maximum atomic E-state index is 6.18. The summed E-state index contributed by atoms with van der Waals surface area (Å²) in [4.78, 5) is 4.15. The van der Waals surface area contributed by atoms with E-state index in [2.05, 4.69) is 30.2 Å². The average Bonchev–Trinajstić information content (AvgIpc) is 2.38. The van der Waals surface area contributed by atoms with Crippen molar-refractivity contribution in [3.05, 3.63) is 64.4 Å². The molecule has 1 heterocycles. The Morgan fingerprint density at radius 1 is 1.28 bits per heavy atom. The van der Waals surface area contributed by atoms with E-state index in [4.69, 9.17) is 11.6 Å². The second-order valence-corrected chi connectivity index (χ2v) is 4.83. The second kappa shape index (κ2) is 5.98. The number of pyridine rings is 1. The highest BCUT2D eigenvalue weighted by atomic mass is 35.5. The highest BCUT2D eigenvalue weighted by molar-refractivity contribution is 6.31. The third kappa shape index (κ3) is 3.09. The fraction of sp³-hybridized carbons (Fsp3) is 0.267. The SMILES string of the molecule is Cc1ccncc1CN[C@@H](C)c1ccccc1Cl. The van der Waals surface area contributed by atoms with Crippen molar-refractivity contribution < 1.29 is 0 Å². The average molecular weight is 261 g/mol. The summed E-state index contributed by atoms with van der Waals surface area (Å²) in [5, 5.41) is 4.28. The quantitative estimate of drug-likeness (QED) is 0.902. The molecule has 94 valence electrons. The van der Waals surface area contributed by atoms with Gasteiger partial charge in [-0.05, 0) is 42.7 Å². The summed E-state index contributed by atoms with van der Waals surface area (Å²) in [5.74, 6) is 0. The van der Waals surface area contributed by atoms with Crippen LogP contribution >= 0.6 is 11.6 Å². The van der Waals surface area contributed by atoms with Crippen molar-refractivity contribution in [2.75, 3.05) is 0 Å². The third-order valence-corrected chi connectivity index (χ3v) is 3.46. The van der Waals surface area contributed by atoms with Crippen molar-refractivity contribution in [2.45, 2.75) is 26.4 Å². The van der Waals surface area contributed by atoms with Crippen molar-refractivity contribution >= 4 is 11.6 Å². The van der Waals surface area contributed by atoms with Crippen molar-refractivity contribution in [1.82, 2.24) is 10.3 Å². The van der Waals surface area contributed by atoms with Crippen molar-refractivity contribution in [3.8, 4) is 0 Å². The molecule has 3 heteroatoms. The zero-order valence-electron chi connectivity index (χ0n) is 10.7. The van der Waals surface area contributed by atoms with Gasteiger partial charge in [-0.2, -0.15) is 0 Å². The smallest absolute Gasteiger partial charge is 0.0453 e. The summed E-state index contributed by atoms with van der Waals surface area (Å²) < 4.78 is 0. The van der Waals surface area contributed by atoms with Crippen LogP contribution in [0.2, 0.25) is 5.02 Å². The van der Waals surface area contributed by atoms with Gasteiger partial charge in [0.2, 0.25) is 0 Å². The van der Waals surface area contributed by atoms with Crippen LogP contribution in [0, 0.1) is 6.92 Å². The number of aryl methyl sites for hydroxylation is 1. The first-order valence-corrected chi connectivity index (χ1v) is 6.43. The first-order chi connectivity index (χ1) is 8.68. The van der Waals surface area contributed by atoms with Crippen LogP contribution in [0.5, 0.6) is 0 Å². The Morgan fingerprint density at radius 3 is 2.78 bits per heavy atom. The van der Waals surface area contributed by atoms with E-state index in [1.165, 1.54) is 11.1 Å². The van der Waals surface area contributed by atoms with Gasteiger partial charge in [0, 0.05) is 30.0 Å². The normalized spacial score (nSPS) is 12.4. The summed E-state index contributed by atoms with van der Waals surface area (Å²) in [5.41, 5.74) is 3.60. The molecule has 0 fully saturated rings. The Morgan fingerprint density at radius 2 is 2.06 bits per heavy atom. The van der Waals surface area contributed by atoms with Crippen molar-refractivity contribution in [2.24, 2.45) is 0 Å². The third-order valence-electron chi connectivity index (χ3n) is 3.12. The number of hydrogen-bond donors (Lipinski definition) is 1. The molecular weight excluding hydrogens is 244 g/mol. The summed E-state index contributed by atoms with van der Waals surface area (Å²) in [7, 11) is 0. The molecule has 0 saturated carbocycles. The topological polar surface area (TPSA) is 24.9 Å². The first-order valence-electron chi connectivity index (χ1n) is 6.06. The summed E-state index contributed by atoms with van der Waals surface area (Å²) >= 11 is 6.18. The number of aromatic nitrogens is 1. The summed E-state index contributed by atoms with van der Waals surface area (Å²) in [6.45, 7) is 5.01. The van der Waals surface area contributed by atoms with Crippen LogP contribution in [-0.4, -0.2) is 4.98 Å². The molecule has 1 aromatic carbocycles.